The standard InChI is InChI=1S/C20H19ClN2O3/c1-13-3-9-16(10-4-13)23-19(25)17(14-5-7-15(21)8-6-14)18(20(23)26)22(2)11-12-24/h3-10,24H,11-12H2,1-2H3. The average molecular weight is 371 g/mol. The Kier molecular flexibility index (Phi) is 5.11. The van der Waals surface area contributed by atoms with E-state index < -0.39 is 5.91 Å². The zero-order chi connectivity index (χ0) is 18.8. The van der Waals surface area contributed by atoms with Crippen LogP contribution >= 0.6 is 11.6 Å². The number of hydrogen-bond acceptors (Lipinski definition) is 4. The molecule has 3 rings (SSSR count). The Morgan fingerprint density at radius 3 is 2.19 bits per heavy atom. The molecule has 0 aliphatic carbocycles. The maximum Gasteiger partial charge on any atom is 0.282 e. The second kappa shape index (κ2) is 7.32. The van der Waals surface area contributed by atoms with Gasteiger partial charge in [-0.1, -0.05) is 41.4 Å². The molecule has 0 saturated carbocycles. The number of rotatable bonds is 5. The number of carbonyl (C=O) groups excluding carboxylic acids is 2. The maximum atomic E-state index is 13.1. The second-order valence-electron chi connectivity index (χ2n) is 6.16. The first kappa shape index (κ1) is 18.2. The van der Waals surface area contributed by atoms with Gasteiger partial charge in [-0.05, 0) is 36.8 Å². The number of likely N-dealkylation sites (N-methyl/N-ethyl adjacent to an activating group) is 1. The van der Waals surface area contributed by atoms with Crippen LogP contribution < -0.4 is 4.90 Å². The lowest BCUT2D eigenvalue weighted by Gasteiger charge is -2.20. The number of aliphatic hydroxyl groups is 1. The van der Waals surface area contributed by atoms with E-state index in [1.54, 1.807) is 48.3 Å². The van der Waals surface area contributed by atoms with Gasteiger partial charge in [0.05, 0.1) is 17.9 Å². The van der Waals surface area contributed by atoms with Crippen molar-refractivity contribution in [3.63, 3.8) is 0 Å². The van der Waals surface area contributed by atoms with Gasteiger partial charge in [0.15, 0.2) is 0 Å². The van der Waals surface area contributed by atoms with Gasteiger partial charge in [0.25, 0.3) is 11.8 Å². The zero-order valence-corrected chi connectivity index (χ0v) is 15.3. The van der Waals surface area contributed by atoms with Gasteiger partial charge in [0.1, 0.15) is 5.70 Å². The Labute approximate surface area is 157 Å². The molecule has 1 aliphatic rings. The van der Waals surface area contributed by atoms with Crippen molar-refractivity contribution in [2.24, 2.45) is 0 Å². The van der Waals surface area contributed by atoms with E-state index >= 15 is 0 Å². The summed E-state index contributed by atoms with van der Waals surface area (Å²) in [7, 11) is 1.69. The first-order valence-electron chi connectivity index (χ1n) is 8.21. The Bertz CT molecular complexity index is 873. The monoisotopic (exact) mass is 370 g/mol. The largest absolute Gasteiger partial charge is 0.395 e. The van der Waals surface area contributed by atoms with Crippen molar-refractivity contribution in [1.82, 2.24) is 4.90 Å². The van der Waals surface area contributed by atoms with Crippen molar-refractivity contribution in [2.75, 3.05) is 25.1 Å². The van der Waals surface area contributed by atoms with Gasteiger partial charge in [-0.15, -0.1) is 0 Å². The number of imide groups is 1. The Balaban J connectivity index is 2.11. The Hall–Kier alpha value is -2.63. The van der Waals surface area contributed by atoms with Crippen LogP contribution in [0.3, 0.4) is 0 Å². The molecule has 2 aromatic carbocycles. The van der Waals surface area contributed by atoms with Gasteiger partial charge in [0.2, 0.25) is 0 Å². The third-order valence-corrected chi connectivity index (χ3v) is 4.55. The van der Waals surface area contributed by atoms with Crippen molar-refractivity contribution < 1.29 is 14.7 Å². The highest BCUT2D eigenvalue weighted by molar-refractivity contribution is 6.45. The number of hydrogen-bond donors (Lipinski definition) is 1. The summed E-state index contributed by atoms with van der Waals surface area (Å²) < 4.78 is 0. The minimum atomic E-state index is -0.403. The van der Waals surface area contributed by atoms with Crippen LogP contribution in [0.1, 0.15) is 11.1 Å². The molecule has 1 heterocycles. The smallest absolute Gasteiger partial charge is 0.282 e. The van der Waals surface area contributed by atoms with E-state index in [2.05, 4.69) is 0 Å². The summed E-state index contributed by atoms with van der Waals surface area (Å²) in [5.41, 5.74) is 2.75. The highest BCUT2D eigenvalue weighted by Gasteiger charge is 2.41. The molecule has 2 aromatic rings. The summed E-state index contributed by atoms with van der Waals surface area (Å²) in [4.78, 5) is 29.0. The van der Waals surface area contributed by atoms with E-state index in [0.29, 0.717) is 21.8 Å². The quantitative estimate of drug-likeness (QED) is 0.822. The van der Waals surface area contributed by atoms with Crippen LogP contribution in [0.4, 0.5) is 5.69 Å². The molecule has 0 radical (unpaired) electrons. The summed E-state index contributed by atoms with van der Waals surface area (Å²) in [5, 5.41) is 9.81. The lowest BCUT2D eigenvalue weighted by molar-refractivity contribution is -0.120. The predicted molar refractivity (Wildman–Crippen MR) is 102 cm³/mol. The number of aryl methyl sites for hydroxylation is 1. The molecule has 26 heavy (non-hydrogen) atoms. The Morgan fingerprint density at radius 2 is 1.62 bits per heavy atom. The highest BCUT2D eigenvalue weighted by atomic mass is 35.5. The second-order valence-corrected chi connectivity index (χ2v) is 6.59. The molecule has 5 nitrogen and oxygen atoms in total. The summed E-state index contributed by atoms with van der Waals surface area (Å²) in [6.45, 7) is 2.06. The normalized spacial score (nSPS) is 14.4. The number of benzene rings is 2. The van der Waals surface area contributed by atoms with Crippen LogP contribution in [0.25, 0.3) is 5.57 Å². The van der Waals surface area contributed by atoms with E-state index in [0.717, 1.165) is 5.56 Å². The molecule has 6 heteroatoms. The number of amides is 2. The van der Waals surface area contributed by atoms with Crippen LogP contribution in [0.5, 0.6) is 0 Å². The fraction of sp³-hybridized carbons (Fsp3) is 0.200. The molecule has 0 spiro atoms. The molecule has 0 unspecified atom stereocenters. The van der Waals surface area contributed by atoms with Crippen LogP contribution in [0, 0.1) is 6.92 Å². The molecule has 134 valence electrons. The van der Waals surface area contributed by atoms with Gasteiger partial charge < -0.3 is 10.0 Å². The van der Waals surface area contributed by atoms with Crippen molar-refractivity contribution in [3.8, 4) is 0 Å². The number of aliphatic hydroxyl groups excluding tert-OH is 1. The van der Waals surface area contributed by atoms with Gasteiger partial charge in [-0.3, -0.25) is 9.59 Å². The van der Waals surface area contributed by atoms with Gasteiger partial charge in [-0.25, -0.2) is 4.90 Å². The molecule has 0 saturated heterocycles. The molecule has 0 atom stereocenters. The third kappa shape index (κ3) is 3.23. The Morgan fingerprint density at radius 1 is 1.00 bits per heavy atom. The van der Waals surface area contributed by atoms with E-state index in [9.17, 15) is 14.7 Å². The average Bonchev–Trinajstić information content (AvgIpc) is 2.88. The predicted octanol–water partition coefficient (Wildman–Crippen LogP) is 2.86. The van der Waals surface area contributed by atoms with Crippen LogP contribution in [0.2, 0.25) is 5.02 Å². The fourth-order valence-electron chi connectivity index (χ4n) is 2.94. The SMILES string of the molecule is Cc1ccc(N2C(=O)C(c3ccc(Cl)cc3)=C(N(C)CCO)C2=O)cc1. The van der Waals surface area contributed by atoms with Gasteiger partial charge in [-0.2, -0.15) is 0 Å². The van der Waals surface area contributed by atoms with Crippen molar-refractivity contribution in [1.29, 1.82) is 0 Å². The lowest BCUT2D eigenvalue weighted by Crippen LogP contribution is -2.34. The topological polar surface area (TPSA) is 60.9 Å². The number of carbonyl (C=O) groups is 2. The third-order valence-electron chi connectivity index (χ3n) is 4.30. The van der Waals surface area contributed by atoms with E-state index in [4.69, 9.17) is 11.6 Å². The van der Waals surface area contributed by atoms with Gasteiger partial charge in [0, 0.05) is 18.6 Å². The van der Waals surface area contributed by atoms with E-state index in [1.165, 1.54) is 4.90 Å². The van der Waals surface area contributed by atoms with Crippen molar-refractivity contribution in [3.05, 3.63) is 70.4 Å². The molecule has 0 aromatic heterocycles. The maximum absolute atomic E-state index is 13.1. The zero-order valence-electron chi connectivity index (χ0n) is 14.6. The number of anilines is 1. The summed E-state index contributed by atoms with van der Waals surface area (Å²) in [6.07, 6.45) is 0. The molecule has 0 bridgehead atoms. The van der Waals surface area contributed by atoms with Gasteiger partial charge >= 0.3 is 0 Å². The minimum absolute atomic E-state index is 0.125. The fourth-order valence-corrected chi connectivity index (χ4v) is 3.07. The summed E-state index contributed by atoms with van der Waals surface area (Å²) in [5.74, 6) is -0.791. The molecule has 1 aliphatic heterocycles. The summed E-state index contributed by atoms with van der Waals surface area (Å²) in [6, 6.07) is 14.0. The highest BCUT2D eigenvalue weighted by Crippen LogP contribution is 2.34. The molecular weight excluding hydrogens is 352 g/mol. The molecular formula is C20H19ClN2O3. The van der Waals surface area contributed by atoms with Crippen molar-refractivity contribution in [2.45, 2.75) is 6.92 Å². The molecule has 1 N–H and O–H groups in total. The van der Waals surface area contributed by atoms with Crippen LogP contribution in [-0.4, -0.2) is 42.0 Å². The minimum Gasteiger partial charge on any atom is -0.395 e. The first-order chi connectivity index (χ1) is 12.4. The number of halogens is 1. The van der Waals surface area contributed by atoms with Crippen molar-refractivity contribution >= 4 is 34.7 Å². The van der Waals surface area contributed by atoms with Crippen LogP contribution in [-0.2, 0) is 9.59 Å². The lowest BCUT2D eigenvalue weighted by atomic mass is 10.0. The van der Waals surface area contributed by atoms with Crippen LogP contribution in [0.15, 0.2) is 54.2 Å². The first-order valence-corrected chi connectivity index (χ1v) is 8.59. The summed E-state index contributed by atoms with van der Waals surface area (Å²) >= 11 is 5.95. The molecule has 0 fully saturated rings. The van der Waals surface area contributed by atoms with E-state index in [-0.39, 0.29) is 24.8 Å². The molecule has 2 amide bonds. The van der Waals surface area contributed by atoms with E-state index in [1.807, 2.05) is 19.1 Å². The number of nitrogens with zero attached hydrogens (tertiary/aromatic N) is 2.